The van der Waals surface area contributed by atoms with Gasteiger partial charge in [0.15, 0.2) is 0 Å². The highest BCUT2D eigenvalue weighted by atomic mass is 32.2. The van der Waals surface area contributed by atoms with Crippen LogP contribution in [0.4, 0.5) is 0 Å². The molecule has 1 aromatic rings. The predicted molar refractivity (Wildman–Crippen MR) is 76.5 cm³/mol. The van der Waals surface area contributed by atoms with Crippen LogP contribution in [0.25, 0.3) is 0 Å². The molecule has 1 saturated heterocycles. The summed E-state index contributed by atoms with van der Waals surface area (Å²) in [6, 6.07) is 6.45. The third-order valence-corrected chi connectivity index (χ3v) is 5.39. The van der Waals surface area contributed by atoms with Crippen molar-refractivity contribution in [3.05, 3.63) is 29.8 Å². The van der Waals surface area contributed by atoms with E-state index in [2.05, 4.69) is 16.6 Å². The van der Waals surface area contributed by atoms with Gasteiger partial charge in [0.2, 0.25) is 10.0 Å². The summed E-state index contributed by atoms with van der Waals surface area (Å²) in [6.07, 6.45) is 0.869. The number of aliphatic hydroxyl groups excluding tert-OH is 1. The lowest BCUT2D eigenvalue weighted by Gasteiger charge is -2.12. The van der Waals surface area contributed by atoms with Gasteiger partial charge >= 0.3 is 0 Å². The van der Waals surface area contributed by atoms with E-state index in [-0.39, 0.29) is 17.5 Å². The van der Waals surface area contributed by atoms with Crippen LogP contribution in [0.5, 0.6) is 0 Å². The van der Waals surface area contributed by atoms with Crippen LogP contribution in [0.2, 0.25) is 0 Å². The quantitative estimate of drug-likeness (QED) is 0.811. The van der Waals surface area contributed by atoms with Gasteiger partial charge in [-0.1, -0.05) is 17.9 Å². The van der Waals surface area contributed by atoms with Crippen molar-refractivity contribution in [2.45, 2.75) is 17.4 Å². The number of benzene rings is 1. The SMILES string of the molecule is O=S(=O)(NC1CCSC1)c1cccc(C#CCO)c1. The Hall–Kier alpha value is -1.00. The van der Waals surface area contributed by atoms with Gasteiger partial charge in [-0.3, -0.25) is 0 Å². The van der Waals surface area contributed by atoms with E-state index in [1.165, 1.54) is 6.07 Å². The van der Waals surface area contributed by atoms with E-state index in [0.717, 1.165) is 17.9 Å². The fourth-order valence-electron chi connectivity index (χ4n) is 1.80. The van der Waals surface area contributed by atoms with Gasteiger partial charge in [-0.15, -0.1) is 0 Å². The minimum atomic E-state index is -3.48. The maximum atomic E-state index is 12.2. The Morgan fingerprint density at radius 1 is 1.47 bits per heavy atom. The monoisotopic (exact) mass is 297 g/mol. The maximum Gasteiger partial charge on any atom is 0.240 e. The van der Waals surface area contributed by atoms with Crippen molar-refractivity contribution >= 4 is 21.8 Å². The Labute approximate surface area is 117 Å². The molecule has 1 atom stereocenters. The molecule has 1 aromatic carbocycles. The predicted octanol–water partition coefficient (Wildman–Crippen LogP) is 0.814. The minimum Gasteiger partial charge on any atom is -0.384 e. The zero-order valence-electron chi connectivity index (χ0n) is 10.3. The Bertz CT molecular complexity index is 596. The van der Waals surface area contributed by atoms with Gasteiger partial charge in [-0.25, -0.2) is 13.1 Å². The topological polar surface area (TPSA) is 66.4 Å². The van der Waals surface area contributed by atoms with Crippen LogP contribution in [-0.2, 0) is 10.0 Å². The first-order chi connectivity index (χ1) is 9.12. The van der Waals surface area contributed by atoms with Crippen LogP contribution in [-0.4, -0.2) is 37.7 Å². The van der Waals surface area contributed by atoms with E-state index in [0.29, 0.717) is 5.56 Å². The molecular weight excluding hydrogens is 282 g/mol. The summed E-state index contributed by atoms with van der Waals surface area (Å²) in [5.74, 6) is 7.03. The average molecular weight is 297 g/mol. The van der Waals surface area contributed by atoms with Crippen molar-refractivity contribution in [1.29, 1.82) is 0 Å². The first kappa shape index (κ1) is 14.4. The summed E-state index contributed by atoms with van der Waals surface area (Å²) in [5.41, 5.74) is 0.581. The fourth-order valence-corrected chi connectivity index (χ4v) is 4.37. The molecule has 0 aromatic heterocycles. The summed E-state index contributed by atoms with van der Waals surface area (Å²) in [7, 11) is -3.48. The smallest absolute Gasteiger partial charge is 0.240 e. The molecule has 19 heavy (non-hydrogen) atoms. The van der Waals surface area contributed by atoms with Gasteiger partial charge in [0.25, 0.3) is 0 Å². The zero-order chi connectivity index (χ0) is 13.7. The number of hydrogen-bond acceptors (Lipinski definition) is 4. The van der Waals surface area contributed by atoms with Gasteiger partial charge in [0.1, 0.15) is 6.61 Å². The van der Waals surface area contributed by atoms with Gasteiger partial charge in [0.05, 0.1) is 4.90 Å². The lowest BCUT2D eigenvalue weighted by Crippen LogP contribution is -2.34. The van der Waals surface area contributed by atoms with Crippen molar-refractivity contribution in [2.75, 3.05) is 18.1 Å². The molecule has 0 spiro atoms. The Morgan fingerprint density at radius 2 is 2.32 bits per heavy atom. The van der Waals surface area contributed by atoms with E-state index in [1.54, 1.807) is 30.0 Å². The van der Waals surface area contributed by atoms with Crippen LogP contribution >= 0.6 is 11.8 Å². The molecule has 1 unspecified atom stereocenters. The number of hydrogen-bond donors (Lipinski definition) is 2. The molecule has 0 aliphatic carbocycles. The summed E-state index contributed by atoms with van der Waals surface area (Å²) in [5, 5.41) is 8.64. The molecule has 1 heterocycles. The molecule has 4 nitrogen and oxygen atoms in total. The van der Waals surface area contributed by atoms with E-state index in [1.807, 2.05) is 0 Å². The van der Waals surface area contributed by atoms with Crippen molar-refractivity contribution in [1.82, 2.24) is 4.72 Å². The van der Waals surface area contributed by atoms with Gasteiger partial charge < -0.3 is 5.11 Å². The van der Waals surface area contributed by atoms with E-state index in [4.69, 9.17) is 5.11 Å². The van der Waals surface area contributed by atoms with Crippen molar-refractivity contribution in [3.8, 4) is 11.8 Å². The fraction of sp³-hybridized carbons (Fsp3) is 0.385. The third kappa shape index (κ3) is 3.98. The minimum absolute atomic E-state index is 0.0159. The first-order valence-corrected chi connectivity index (χ1v) is 8.55. The van der Waals surface area contributed by atoms with E-state index >= 15 is 0 Å². The Balaban J connectivity index is 2.19. The molecular formula is C13H15NO3S2. The summed E-state index contributed by atoms with van der Waals surface area (Å²) < 4.78 is 27.1. The molecule has 0 bridgehead atoms. The Morgan fingerprint density at radius 3 is 3.00 bits per heavy atom. The molecule has 102 valence electrons. The second-order valence-electron chi connectivity index (χ2n) is 4.17. The number of nitrogens with one attached hydrogen (secondary N) is 1. The van der Waals surface area contributed by atoms with Crippen LogP contribution < -0.4 is 4.72 Å². The van der Waals surface area contributed by atoms with Crippen LogP contribution in [0.1, 0.15) is 12.0 Å². The number of sulfonamides is 1. The highest BCUT2D eigenvalue weighted by Gasteiger charge is 2.23. The van der Waals surface area contributed by atoms with Gasteiger partial charge in [0, 0.05) is 17.4 Å². The van der Waals surface area contributed by atoms with Crippen LogP contribution in [0, 0.1) is 11.8 Å². The number of thioether (sulfide) groups is 1. The van der Waals surface area contributed by atoms with E-state index in [9.17, 15) is 8.42 Å². The molecule has 1 aliphatic rings. The Kier molecular flexibility index (Phi) is 4.88. The van der Waals surface area contributed by atoms with Gasteiger partial charge in [-0.2, -0.15) is 11.8 Å². The summed E-state index contributed by atoms with van der Waals surface area (Å²) >= 11 is 1.76. The normalized spacial score (nSPS) is 18.9. The molecule has 1 aliphatic heterocycles. The highest BCUT2D eigenvalue weighted by molar-refractivity contribution is 7.99. The average Bonchev–Trinajstić information content (AvgIpc) is 2.89. The third-order valence-electron chi connectivity index (χ3n) is 2.71. The lowest BCUT2D eigenvalue weighted by atomic mass is 10.2. The number of rotatable bonds is 3. The summed E-state index contributed by atoms with van der Waals surface area (Å²) in [6.45, 7) is -0.242. The second kappa shape index (κ2) is 6.44. The second-order valence-corrected chi connectivity index (χ2v) is 7.03. The van der Waals surface area contributed by atoms with Gasteiger partial charge in [-0.05, 0) is 30.4 Å². The molecule has 1 fully saturated rings. The number of aliphatic hydroxyl groups is 1. The largest absolute Gasteiger partial charge is 0.384 e. The van der Waals surface area contributed by atoms with Crippen molar-refractivity contribution < 1.29 is 13.5 Å². The molecule has 0 amide bonds. The molecule has 6 heteroatoms. The highest BCUT2D eigenvalue weighted by Crippen LogP contribution is 2.20. The molecule has 0 saturated carbocycles. The lowest BCUT2D eigenvalue weighted by molar-refractivity contribution is 0.350. The van der Waals surface area contributed by atoms with Crippen molar-refractivity contribution in [3.63, 3.8) is 0 Å². The summed E-state index contributed by atoms with van der Waals surface area (Å²) in [4.78, 5) is 0.217. The van der Waals surface area contributed by atoms with Crippen LogP contribution in [0.15, 0.2) is 29.2 Å². The molecule has 2 N–H and O–H groups in total. The molecule has 2 rings (SSSR count). The van der Waals surface area contributed by atoms with E-state index < -0.39 is 10.0 Å². The molecule has 0 radical (unpaired) electrons. The van der Waals surface area contributed by atoms with Crippen molar-refractivity contribution in [2.24, 2.45) is 0 Å². The maximum absolute atomic E-state index is 12.2. The van der Waals surface area contributed by atoms with Crippen LogP contribution in [0.3, 0.4) is 0 Å². The first-order valence-electron chi connectivity index (χ1n) is 5.92. The standard InChI is InChI=1S/C13H15NO3S2/c15-7-2-4-11-3-1-5-13(9-11)19(16,17)14-12-6-8-18-10-12/h1,3,5,9,12,14-15H,6-8,10H2. The zero-order valence-corrected chi connectivity index (χ0v) is 11.9.